The van der Waals surface area contributed by atoms with Gasteiger partial charge in [-0.25, -0.2) is 0 Å². The van der Waals surface area contributed by atoms with Crippen LogP contribution in [-0.4, -0.2) is 37.2 Å². The zero-order valence-corrected chi connectivity index (χ0v) is 14.7. The quantitative estimate of drug-likeness (QED) is 0.787. The van der Waals surface area contributed by atoms with E-state index in [0.717, 1.165) is 18.7 Å². The van der Waals surface area contributed by atoms with Crippen molar-refractivity contribution in [2.24, 2.45) is 0 Å². The van der Waals surface area contributed by atoms with Gasteiger partial charge in [-0.1, -0.05) is 25.1 Å². The summed E-state index contributed by atoms with van der Waals surface area (Å²) < 4.78 is 6.02. The highest BCUT2D eigenvalue weighted by Gasteiger charge is 2.34. The summed E-state index contributed by atoms with van der Waals surface area (Å²) in [5.74, 6) is 0.982. The Kier molecular flexibility index (Phi) is 6.69. The van der Waals surface area contributed by atoms with Crippen molar-refractivity contribution in [3.8, 4) is 5.75 Å². The van der Waals surface area contributed by atoms with Crippen LogP contribution < -0.4 is 10.1 Å². The fourth-order valence-corrected chi connectivity index (χ4v) is 2.37. The number of ether oxygens (including phenoxy) is 1. The summed E-state index contributed by atoms with van der Waals surface area (Å²) in [4.78, 5) is 2.27. The van der Waals surface area contributed by atoms with Crippen molar-refractivity contribution in [2.75, 3.05) is 20.6 Å². The first kappa shape index (κ1) is 18.0. The average Bonchev–Trinajstić information content (AvgIpc) is 2.40. The van der Waals surface area contributed by atoms with Gasteiger partial charge in [0.25, 0.3) is 0 Å². The van der Waals surface area contributed by atoms with Crippen LogP contribution in [0.4, 0.5) is 0 Å². The van der Waals surface area contributed by atoms with Gasteiger partial charge < -0.3 is 15.0 Å². The molecule has 0 aliphatic carbocycles. The van der Waals surface area contributed by atoms with E-state index in [-0.39, 0.29) is 17.7 Å². The molecule has 21 heavy (non-hydrogen) atoms. The number of hydrogen-bond acceptors (Lipinski definition) is 3. The number of para-hydroxylation sites is 1. The van der Waals surface area contributed by atoms with Gasteiger partial charge >= 0.3 is 0 Å². The number of benzene rings is 1. The monoisotopic (exact) mass is 292 g/mol. The minimum atomic E-state index is -0.00832. The Balaban J connectivity index is 3.20. The highest BCUT2D eigenvalue weighted by molar-refractivity contribution is 5.38. The van der Waals surface area contributed by atoms with Crippen LogP contribution in [0.5, 0.6) is 5.75 Å². The third kappa shape index (κ3) is 4.72. The highest BCUT2D eigenvalue weighted by Crippen LogP contribution is 2.35. The highest BCUT2D eigenvalue weighted by atomic mass is 16.5. The van der Waals surface area contributed by atoms with Gasteiger partial charge in [0.05, 0.1) is 12.1 Å². The van der Waals surface area contributed by atoms with E-state index in [1.807, 2.05) is 6.07 Å². The first-order valence-corrected chi connectivity index (χ1v) is 7.97. The Morgan fingerprint density at radius 3 is 2.33 bits per heavy atom. The SMILES string of the molecule is CCCNC(c1ccccc1OC(C)C)C(C)(C)N(C)C. The molecule has 1 aromatic rings. The standard InChI is InChI=1S/C18H32N2O/c1-8-13-19-17(18(4,5)20(6)7)15-11-9-10-12-16(15)21-14(2)3/h9-12,14,17,19H,8,13H2,1-7H3. The first-order valence-electron chi connectivity index (χ1n) is 7.97. The molecule has 3 heteroatoms. The molecular formula is C18H32N2O. The number of hydrogen-bond donors (Lipinski definition) is 1. The molecule has 1 N–H and O–H groups in total. The molecular weight excluding hydrogens is 260 g/mol. The molecule has 0 saturated carbocycles. The van der Waals surface area contributed by atoms with Crippen molar-refractivity contribution >= 4 is 0 Å². The lowest BCUT2D eigenvalue weighted by molar-refractivity contribution is 0.133. The molecule has 1 rings (SSSR count). The predicted molar refractivity (Wildman–Crippen MR) is 91.0 cm³/mol. The summed E-state index contributed by atoms with van der Waals surface area (Å²) in [6, 6.07) is 8.61. The molecule has 0 amide bonds. The van der Waals surface area contributed by atoms with Crippen molar-refractivity contribution in [3.05, 3.63) is 29.8 Å². The van der Waals surface area contributed by atoms with Crippen LogP contribution in [0.1, 0.15) is 52.6 Å². The lowest BCUT2D eigenvalue weighted by atomic mass is 9.86. The van der Waals surface area contributed by atoms with E-state index in [9.17, 15) is 0 Å². The maximum atomic E-state index is 6.02. The van der Waals surface area contributed by atoms with Crippen LogP contribution >= 0.6 is 0 Å². The number of likely N-dealkylation sites (N-methyl/N-ethyl adjacent to an activating group) is 1. The minimum absolute atomic E-state index is 0.00832. The van der Waals surface area contributed by atoms with Gasteiger partial charge in [-0.05, 0) is 60.8 Å². The zero-order valence-electron chi connectivity index (χ0n) is 14.7. The second-order valence-electron chi connectivity index (χ2n) is 6.64. The Labute approximate surface area is 130 Å². The molecule has 0 spiro atoms. The summed E-state index contributed by atoms with van der Waals surface area (Å²) in [6.07, 6.45) is 1.30. The molecule has 3 nitrogen and oxygen atoms in total. The summed E-state index contributed by atoms with van der Waals surface area (Å²) in [7, 11) is 4.26. The lowest BCUT2D eigenvalue weighted by Crippen LogP contribution is -2.49. The maximum absolute atomic E-state index is 6.02. The Bertz CT molecular complexity index is 427. The van der Waals surface area contributed by atoms with Crippen molar-refractivity contribution in [1.82, 2.24) is 10.2 Å². The number of nitrogens with one attached hydrogen (secondary N) is 1. The Morgan fingerprint density at radius 2 is 1.81 bits per heavy atom. The van der Waals surface area contributed by atoms with E-state index in [4.69, 9.17) is 4.74 Å². The topological polar surface area (TPSA) is 24.5 Å². The maximum Gasteiger partial charge on any atom is 0.124 e. The van der Waals surface area contributed by atoms with Crippen molar-refractivity contribution < 1.29 is 4.74 Å². The van der Waals surface area contributed by atoms with Gasteiger partial charge in [0.2, 0.25) is 0 Å². The van der Waals surface area contributed by atoms with E-state index in [2.05, 4.69) is 77.1 Å². The molecule has 0 aliphatic rings. The van der Waals surface area contributed by atoms with Gasteiger partial charge in [0, 0.05) is 11.1 Å². The van der Waals surface area contributed by atoms with Crippen LogP contribution in [0.3, 0.4) is 0 Å². The molecule has 0 fully saturated rings. The Hall–Kier alpha value is -1.06. The van der Waals surface area contributed by atoms with Crippen molar-refractivity contribution in [3.63, 3.8) is 0 Å². The second kappa shape index (κ2) is 7.81. The van der Waals surface area contributed by atoms with Gasteiger partial charge in [-0.15, -0.1) is 0 Å². The molecule has 0 radical (unpaired) electrons. The van der Waals surface area contributed by atoms with Crippen molar-refractivity contribution in [1.29, 1.82) is 0 Å². The summed E-state index contributed by atoms with van der Waals surface area (Å²) in [5, 5.41) is 3.70. The molecule has 0 aromatic heterocycles. The van der Waals surface area contributed by atoms with Crippen molar-refractivity contribution in [2.45, 2.75) is 58.7 Å². The van der Waals surface area contributed by atoms with Gasteiger partial charge in [-0.2, -0.15) is 0 Å². The fourth-order valence-electron chi connectivity index (χ4n) is 2.37. The molecule has 1 unspecified atom stereocenters. The largest absolute Gasteiger partial charge is 0.491 e. The molecule has 0 heterocycles. The van der Waals surface area contributed by atoms with Crippen LogP contribution in [0, 0.1) is 0 Å². The van der Waals surface area contributed by atoms with Crippen LogP contribution in [-0.2, 0) is 0 Å². The summed E-state index contributed by atoms with van der Waals surface area (Å²) >= 11 is 0. The van der Waals surface area contributed by atoms with E-state index < -0.39 is 0 Å². The first-order chi connectivity index (χ1) is 9.80. The minimum Gasteiger partial charge on any atom is -0.491 e. The lowest BCUT2D eigenvalue weighted by Gasteiger charge is -2.41. The molecule has 1 aromatic carbocycles. The predicted octanol–water partition coefficient (Wildman–Crippen LogP) is 3.85. The fraction of sp³-hybridized carbons (Fsp3) is 0.667. The normalized spacial score (nSPS) is 13.8. The summed E-state index contributed by atoms with van der Waals surface area (Å²) in [6.45, 7) is 11.9. The van der Waals surface area contributed by atoms with Crippen LogP contribution in [0.2, 0.25) is 0 Å². The van der Waals surface area contributed by atoms with Crippen LogP contribution in [0.25, 0.3) is 0 Å². The third-order valence-corrected chi connectivity index (χ3v) is 4.05. The molecule has 0 saturated heterocycles. The van der Waals surface area contributed by atoms with E-state index >= 15 is 0 Å². The summed E-state index contributed by atoms with van der Waals surface area (Å²) in [5.41, 5.74) is 1.23. The van der Waals surface area contributed by atoms with Gasteiger partial charge in [0.15, 0.2) is 0 Å². The molecule has 120 valence electrons. The molecule has 0 bridgehead atoms. The van der Waals surface area contributed by atoms with Gasteiger partial charge in [-0.3, -0.25) is 0 Å². The number of rotatable bonds is 8. The Morgan fingerprint density at radius 1 is 1.19 bits per heavy atom. The van der Waals surface area contributed by atoms with E-state index in [1.54, 1.807) is 0 Å². The second-order valence-corrected chi connectivity index (χ2v) is 6.64. The van der Waals surface area contributed by atoms with Gasteiger partial charge in [0.1, 0.15) is 5.75 Å². The zero-order chi connectivity index (χ0) is 16.0. The van der Waals surface area contributed by atoms with Crippen LogP contribution in [0.15, 0.2) is 24.3 Å². The molecule has 1 atom stereocenters. The third-order valence-electron chi connectivity index (χ3n) is 4.05. The number of nitrogens with zero attached hydrogens (tertiary/aromatic N) is 1. The van der Waals surface area contributed by atoms with E-state index in [1.165, 1.54) is 5.56 Å². The van der Waals surface area contributed by atoms with E-state index in [0.29, 0.717) is 0 Å². The smallest absolute Gasteiger partial charge is 0.124 e. The average molecular weight is 292 g/mol. The molecule has 0 aliphatic heterocycles.